The number of benzene rings is 2. The monoisotopic (exact) mass is 440 g/mol. The molecular formula is C27H37FN2O2. The molecule has 5 heteroatoms. The van der Waals surface area contributed by atoms with E-state index in [2.05, 4.69) is 4.90 Å². The van der Waals surface area contributed by atoms with Crippen LogP contribution in [0.3, 0.4) is 0 Å². The first-order valence-electron chi connectivity index (χ1n) is 11.7. The maximum absolute atomic E-state index is 14.2. The van der Waals surface area contributed by atoms with E-state index in [1.165, 1.54) is 6.07 Å². The highest BCUT2D eigenvalue weighted by Gasteiger charge is 2.34. The van der Waals surface area contributed by atoms with Gasteiger partial charge in [-0.1, -0.05) is 37.3 Å². The first-order valence-corrected chi connectivity index (χ1v) is 11.7. The van der Waals surface area contributed by atoms with Gasteiger partial charge in [-0.2, -0.15) is 0 Å². The highest BCUT2D eigenvalue weighted by Crippen LogP contribution is 2.35. The Kier molecular flexibility index (Phi) is 8.07. The van der Waals surface area contributed by atoms with E-state index in [0.29, 0.717) is 24.9 Å². The predicted molar refractivity (Wildman–Crippen MR) is 128 cm³/mol. The summed E-state index contributed by atoms with van der Waals surface area (Å²) in [6.45, 7) is 7.52. The van der Waals surface area contributed by atoms with Crippen LogP contribution in [0.1, 0.15) is 54.5 Å². The van der Waals surface area contributed by atoms with Crippen molar-refractivity contribution in [2.75, 3.05) is 32.1 Å². The van der Waals surface area contributed by atoms with E-state index in [1.54, 1.807) is 6.07 Å². The summed E-state index contributed by atoms with van der Waals surface area (Å²) >= 11 is 0. The van der Waals surface area contributed by atoms with Gasteiger partial charge < -0.3 is 14.9 Å². The maximum atomic E-state index is 14.2. The van der Waals surface area contributed by atoms with Crippen LogP contribution in [0.4, 0.5) is 10.1 Å². The number of nitrogens with zero attached hydrogens (tertiary/aromatic N) is 2. The van der Waals surface area contributed by atoms with Gasteiger partial charge in [-0.3, -0.25) is 4.79 Å². The van der Waals surface area contributed by atoms with E-state index in [0.717, 1.165) is 41.8 Å². The molecule has 1 heterocycles. The first kappa shape index (κ1) is 24.4. The molecule has 174 valence electrons. The van der Waals surface area contributed by atoms with Crippen molar-refractivity contribution in [1.82, 2.24) is 4.90 Å². The van der Waals surface area contributed by atoms with Gasteiger partial charge in [-0.25, -0.2) is 4.39 Å². The fraction of sp³-hybridized carbons (Fsp3) is 0.519. The van der Waals surface area contributed by atoms with Gasteiger partial charge in [0.2, 0.25) is 5.91 Å². The second-order valence-electron chi connectivity index (χ2n) is 9.71. The molecule has 1 saturated heterocycles. The largest absolute Gasteiger partial charge is 0.388 e. The molecule has 0 radical (unpaired) electrons. The van der Waals surface area contributed by atoms with E-state index in [1.807, 2.05) is 64.0 Å². The number of anilines is 1. The Labute approximate surface area is 192 Å². The Morgan fingerprint density at radius 3 is 2.47 bits per heavy atom. The molecule has 1 aliphatic rings. The molecule has 1 N–H and O–H groups in total. The number of aliphatic hydroxyl groups excluding tert-OH is 1. The van der Waals surface area contributed by atoms with E-state index in [4.69, 9.17) is 0 Å². The number of carbonyl (C=O) groups excluding carboxylic acids is 1. The fourth-order valence-corrected chi connectivity index (χ4v) is 4.99. The zero-order valence-electron chi connectivity index (χ0n) is 20.1. The van der Waals surface area contributed by atoms with E-state index in [9.17, 15) is 14.3 Å². The third-order valence-electron chi connectivity index (χ3n) is 6.53. The van der Waals surface area contributed by atoms with Crippen LogP contribution in [0.5, 0.6) is 0 Å². The van der Waals surface area contributed by atoms with Gasteiger partial charge in [0, 0.05) is 18.2 Å². The van der Waals surface area contributed by atoms with E-state index >= 15 is 0 Å². The second kappa shape index (κ2) is 10.6. The molecule has 0 spiro atoms. The number of rotatable bonds is 8. The summed E-state index contributed by atoms with van der Waals surface area (Å²) in [5, 5.41) is 10.7. The van der Waals surface area contributed by atoms with Crippen molar-refractivity contribution >= 4 is 11.6 Å². The lowest BCUT2D eigenvalue weighted by Crippen LogP contribution is -2.46. The summed E-state index contributed by atoms with van der Waals surface area (Å²) in [6, 6.07) is 10.9. The van der Waals surface area contributed by atoms with Crippen LogP contribution in [-0.4, -0.2) is 43.1 Å². The van der Waals surface area contributed by atoms with Crippen molar-refractivity contribution < 1.29 is 14.3 Å². The average Bonchev–Trinajstić information content (AvgIpc) is 2.72. The number of aliphatic hydroxyl groups is 1. The number of amides is 1. The Morgan fingerprint density at radius 2 is 1.84 bits per heavy atom. The van der Waals surface area contributed by atoms with Gasteiger partial charge >= 0.3 is 0 Å². The zero-order valence-corrected chi connectivity index (χ0v) is 20.1. The SMILES string of the molecule is Cc1cc(C(O)CCCN(C)C)cc(C)c1N1C[C@@H](Cc2ccccc2F)C[C@@H](C)C1=O. The molecule has 1 amide bonds. The lowest BCUT2D eigenvalue weighted by molar-refractivity contribution is -0.124. The lowest BCUT2D eigenvalue weighted by atomic mass is 9.84. The molecule has 32 heavy (non-hydrogen) atoms. The van der Waals surface area contributed by atoms with Gasteiger partial charge in [-0.15, -0.1) is 0 Å². The first-order chi connectivity index (χ1) is 15.2. The van der Waals surface area contributed by atoms with Crippen molar-refractivity contribution in [2.24, 2.45) is 11.8 Å². The lowest BCUT2D eigenvalue weighted by Gasteiger charge is -2.38. The molecule has 4 nitrogen and oxygen atoms in total. The fourth-order valence-electron chi connectivity index (χ4n) is 4.99. The molecule has 0 aliphatic carbocycles. The van der Waals surface area contributed by atoms with Crippen LogP contribution in [0.2, 0.25) is 0 Å². The summed E-state index contributed by atoms with van der Waals surface area (Å²) in [4.78, 5) is 17.1. The van der Waals surface area contributed by atoms with Crippen LogP contribution in [0.15, 0.2) is 36.4 Å². The van der Waals surface area contributed by atoms with Gasteiger partial charge in [0.15, 0.2) is 0 Å². The van der Waals surface area contributed by atoms with Crippen molar-refractivity contribution in [3.8, 4) is 0 Å². The summed E-state index contributed by atoms with van der Waals surface area (Å²) < 4.78 is 14.2. The average molecular weight is 441 g/mol. The number of hydrogen-bond acceptors (Lipinski definition) is 3. The van der Waals surface area contributed by atoms with Gasteiger partial charge in [0.25, 0.3) is 0 Å². The van der Waals surface area contributed by atoms with E-state index < -0.39 is 6.10 Å². The quantitative estimate of drug-likeness (QED) is 0.625. The van der Waals surface area contributed by atoms with Gasteiger partial charge in [0.05, 0.1) is 6.10 Å². The Morgan fingerprint density at radius 1 is 1.19 bits per heavy atom. The summed E-state index contributed by atoms with van der Waals surface area (Å²) in [5.41, 5.74) is 4.55. The molecule has 2 aromatic rings. The Hall–Kier alpha value is -2.24. The van der Waals surface area contributed by atoms with Crippen LogP contribution in [0, 0.1) is 31.5 Å². The molecule has 0 bridgehead atoms. The standard InChI is InChI=1S/C27H37FN2O2/c1-18-14-23(25(31)11-8-12-29(4)5)15-19(2)26(18)30-17-21(13-20(3)27(30)32)16-22-9-6-7-10-24(22)28/h6-7,9-10,14-15,20-21,25,31H,8,11-13,16-17H2,1-5H3/t20-,21-,25?/m1/s1. The molecule has 3 rings (SSSR count). The number of halogens is 1. The highest BCUT2D eigenvalue weighted by molar-refractivity contribution is 5.97. The molecule has 0 saturated carbocycles. The molecule has 3 atom stereocenters. The summed E-state index contributed by atoms with van der Waals surface area (Å²) in [5.74, 6) is 0.0501. The summed E-state index contributed by atoms with van der Waals surface area (Å²) in [7, 11) is 4.07. The third-order valence-corrected chi connectivity index (χ3v) is 6.53. The second-order valence-corrected chi connectivity index (χ2v) is 9.71. The topological polar surface area (TPSA) is 43.8 Å². The van der Waals surface area contributed by atoms with Crippen LogP contribution in [-0.2, 0) is 11.2 Å². The summed E-state index contributed by atoms with van der Waals surface area (Å²) in [6.07, 6.45) is 2.52. The van der Waals surface area contributed by atoms with Crippen molar-refractivity contribution in [1.29, 1.82) is 0 Å². The van der Waals surface area contributed by atoms with Crippen LogP contribution < -0.4 is 4.90 Å². The number of piperidine rings is 1. The minimum Gasteiger partial charge on any atom is -0.388 e. The maximum Gasteiger partial charge on any atom is 0.229 e. The van der Waals surface area contributed by atoms with Crippen LogP contribution in [0.25, 0.3) is 0 Å². The smallest absolute Gasteiger partial charge is 0.229 e. The Balaban J connectivity index is 1.80. The zero-order chi connectivity index (χ0) is 23.4. The molecule has 1 unspecified atom stereocenters. The van der Waals surface area contributed by atoms with Gasteiger partial charge in [0.1, 0.15) is 5.82 Å². The minimum absolute atomic E-state index is 0.101. The minimum atomic E-state index is -0.508. The van der Waals surface area contributed by atoms with Gasteiger partial charge in [-0.05, 0) is 94.4 Å². The molecule has 1 fully saturated rings. The van der Waals surface area contributed by atoms with Crippen molar-refractivity contribution in [3.05, 3.63) is 64.5 Å². The number of hydrogen-bond donors (Lipinski definition) is 1. The van der Waals surface area contributed by atoms with E-state index in [-0.39, 0.29) is 23.6 Å². The molecular weight excluding hydrogens is 403 g/mol. The van der Waals surface area contributed by atoms with Crippen molar-refractivity contribution in [3.63, 3.8) is 0 Å². The molecule has 1 aliphatic heterocycles. The molecule has 2 aromatic carbocycles. The predicted octanol–water partition coefficient (Wildman–Crippen LogP) is 5.05. The van der Waals surface area contributed by atoms with Crippen molar-refractivity contribution in [2.45, 2.75) is 52.6 Å². The normalized spacial score (nSPS) is 20.1. The molecule has 0 aromatic heterocycles. The number of aryl methyl sites for hydroxylation is 2. The highest BCUT2D eigenvalue weighted by atomic mass is 19.1. The third kappa shape index (κ3) is 5.76. The number of carbonyl (C=O) groups is 1. The van der Waals surface area contributed by atoms with Crippen LogP contribution >= 0.6 is 0 Å². The Bertz CT molecular complexity index is 920.